The molecular weight excluding hydrogens is 300 g/mol. The minimum Gasteiger partial charge on any atom is -0.376 e. The van der Waals surface area contributed by atoms with Crippen LogP contribution in [0, 0.1) is 11.8 Å². The van der Waals surface area contributed by atoms with Gasteiger partial charge < -0.3 is 15.4 Å². The van der Waals surface area contributed by atoms with Crippen molar-refractivity contribution < 1.29 is 9.53 Å². The van der Waals surface area contributed by atoms with Crippen molar-refractivity contribution in [3.8, 4) is 0 Å². The molecule has 22 heavy (non-hydrogen) atoms. The molecule has 124 valence electrons. The molecule has 1 aliphatic heterocycles. The van der Waals surface area contributed by atoms with Crippen LogP contribution in [0.5, 0.6) is 0 Å². The second-order valence-corrected chi connectivity index (χ2v) is 5.89. The first-order valence-electron chi connectivity index (χ1n) is 7.86. The van der Waals surface area contributed by atoms with Gasteiger partial charge in [0.2, 0.25) is 5.91 Å². The summed E-state index contributed by atoms with van der Waals surface area (Å²) in [5, 5.41) is 6.31. The van der Waals surface area contributed by atoms with Crippen molar-refractivity contribution in [3.05, 3.63) is 35.9 Å². The molecule has 1 saturated heterocycles. The van der Waals surface area contributed by atoms with Crippen molar-refractivity contribution in [3.63, 3.8) is 0 Å². The molecule has 0 radical (unpaired) electrons. The maximum atomic E-state index is 12.0. The van der Waals surface area contributed by atoms with Gasteiger partial charge in [-0.15, -0.1) is 12.4 Å². The monoisotopic (exact) mass is 326 g/mol. The maximum absolute atomic E-state index is 12.0. The molecule has 0 aliphatic carbocycles. The summed E-state index contributed by atoms with van der Waals surface area (Å²) >= 11 is 0. The van der Waals surface area contributed by atoms with Gasteiger partial charge in [-0.3, -0.25) is 4.79 Å². The zero-order valence-electron chi connectivity index (χ0n) is 13.2. The molecular formula is C17H27ClN2O2. The van der Waals surface area contributed by atoms with E-state index in [1.807, 2.05) is 18.2 Å². The lowest BCUT2D eigenvalue weighted by Crippen LogP contribution is -2.42. The van der Waals surface area contributed by atoms with Gasteiger partial charge in [-0.2, -0.15) is 0 Å². The van der Waals surface area contributed by atoms with Crippen LogP contribution in [0.2, 0.25) is 0 Å². The van der Waals surface area contributed by atoms with E-state index >= 15 is 0 Å². The van der Waals surface area contributed by atoms with Crippen molar-refractivity contribution in [2.75, 3.05) is 26.2 Å². The van der Waals surface area contributed by atoms with Crippen molar-refractivity contribution in [1.29, 1.82) is 0 Å². The molecule has 0 saturated carbocycles. The summed E-state index contributed by atoms with van der Waals surface area (Å²) in [6, 6.07) is 10.1. The Hall–Kier alpha value is -1.10. The first kappa shape index (κ1) is 18.9. The molecule has 1 aromatic carbocycles. The molecule has 1 aliphatic rings. The number of ether oxygens (including phenoxy) is 1. The van der Waals surface area contributed by atoms with E-state index in [9.17, 15) is 4.79 Å². The summed E-state index contributed by atoms with van der Waals surface area (Å²) in [7, 11) is 0. The number of nitrogens with one attached hydrogen (secondary N) is 2. The van der Waals surface area contributed by atoms with Gasteiger partial charge in [0.1, 0.15) is 0 Å². The van der Waals surface area contributed by atoms with Gasteiger partial charge in [-0.1, -0.05) is 37.3 Å². The molecule has 0 spiro atoms. The van der Waals surface area contributed by atoms with Gasteiger partial charge >= 0.3 is 0 Å². The molecule has 2 atom stereocenters. The summed E-state index contributed by atoms with van der Waals surface area (Å²) in [4.78, 5) is 12.0. The van der Waals surface area contributed by atoms with E-state index in [2.05, 4.69) is 29.7 Å². The smallest absolute Gasteiger partial charge is 0.224 e. The molecule has 1 heterocycles. The number of rotatable bonds is 7. The van der Waals surface area contributed by atoms with Gasteiger partial charge in [0.15, 0.2) is 0 Å². The average molecular weight is 327 g/mol. The third-order valence-corrected chi connectivity index (χ3v) is 3.81. The summed E-state index contributed by atoms with van der Waals surface area (Å²) in [6.07, 6.45) is 2.09. The van der Waals surface area contributed by atoms with Crippen LogP contribution >= 0.6 is 12.4 Å². The summed E-state index contributed by atoms with van der Waals surface area (Å²) < 4.78 is 5.70. The zero-order valence-corrected chi connectivity index (χ0v) is 14.0. The van der Waals surface area contributed by atoms with E-state index in [-0.39, 0.29) is 24.2 Å². The van der Waals surface area contributed by atoms with Gasteiger partial charge in [0.05, 0.1) is 19.1 Å². The van der Waals surface area contributed by atoms with Gasteiger partial charge in [0.25, 0.3) is 0 Å². The lowest BCUT2D eigenvalue weighted by molar-refractivity contribution is -0.125. The lowest BCUT2D eigenvalue weighted by Gasteiger charge is -2.22. The molecule has 1 fully saturated rings. The third kappa shape index (κ3) is 6.77. The lowest BCUT2D eigenvalue weighted by atomic mass is 9.98. The summed E-state index contributed by atoms with van der Waals surface area (Å²) in [6.45, 7) is 5.93. The highest BCUT2D eigenvalue weighted by atomic mass is 35.5. The SMILES string of the molecule is CC(CNC(=O)C1CCCNC1)COCc1ccccc1.Cl. The standard InChI is InChI=1S/C17H26N2O2.ClH/c1-14(12-21-13-15-6-3-2-4-7-15)10-19-17(20)16-8-5-9-18-11-16;/h2-4,6-7,14,16,18H,5,8-13H2,1H3,(H,19,20);1H. The molecule has 2 N–H and O–H groups in total. The van der Waals surface area contributed by atoms with Crippen LogP contribution in [0.25, 0.3) is 0 Å². The number of halogens is 1. The number of piperidine rings is 1. The molecule has 0 bridgehead atoms. The quantitative estimate of drug-likeness (QED) is 0.809. The first-order chi connectivity index (χ1) is 10.3. The number of benzene rings is 1. The Labute approximate surface area is 139 Å². The van der Waals surface area contributed by atoms with E-state index < -0.39 is 0 Å². The van der Waals surface area contributed by atoms with E-state index in [1.165, 1.54) is 5.56 Å². The Bertz CT molecular complexity index is 422. The fourth-order valence-corrected chi connectivity index (χ4v) is 2.51. The largest absolute Gasteiger partial charge is 0.376 e. The van der Waals surface area contributed by atoms with E-state index in [4.69, 9.17) is 4.74 Å². The Balaban J connectivity index is 0.00000242. The molecule has 0 aromatic heterocycles. The average Bonchev–Trinajstić information content (AvgIpc) is 2.54. The van der Waals surface area contributed by atoms with Crippen LogP contribution < -0.4 is 10.6 Å². The summed E-state index contributed by atoms with van der Waals surface area (Å²) in [5.41, 5.74) is 1.18. The van der Waals surface area contributed by atoms with Gasteiger partial charge in [-0.25, -0.2) is 0 Å². The molecule has 2 rings (SSSR count). The fraction of sp³-hybridized carbons (Fsp3) is 0.588. The zero-order chi connectivity index (χ0) is 14.9. The predicted octanol–water partition coefficient (Wildman–Crippen LogP) is 2.38. The molecule has 1 amide bonds. The van der Waals surface area contributed by atoms with Crippen LogP contribution in [-0.2, 0) is 16.1 Å². The highest BCUT2D eigenvalue weighted by molar-refractivity contribution is 5.85. The summed E-state index contributed by atoms with van der Waals surface area (Å²) in [5.74, 6) is 0.641. The number of hydrogen-bond donors (Lipinski definition) is 2. The second kappa shape index (κ2) is 10.6. The number of carbonyl (C=O) groups excluding carboxylic acids is 1. The van der Waals surface area contributed by atoms with Crippen LogP contribution in [0.4, 0.5) is 0 Å². The number of hydrogen-bond acceptors (Lipinski definition) is 3. The maximum Gasteiger partial charge on any atom is 0.224 e. The van der Waals surface area contributed by atoms with Gasteiger partial charge in [-0.05, 0) is 30.9 Å². The first-order valence-corrected chi connectivity index (χ1v) is 7.86. The van der Waals surface area contributed by atoms with Crippen LogP contribution in [0.15, 0.2) is 30.3 Å². The molecule has 2 unspecified atom stereocenters. The van der Waals surface area contributed by atoms with Crippen molar-refractivity contribution in [1.82, 2.24) is 10.6 Å². The number of carbonyl (C=O) groups is 1. The normalized spacial score (nSPS) is 19.0. The Morgan fingerprint density at radius 2 is 2.18 bits per heavy atom. The topological polar surface area (TPSA) is 50.4 Å². The highest BCUT2D eigenvalue weighted by Gasteiger charge is 2.20. The number of amides is 1. The fourth-order valence-electron chi connectivity index (χ4n) is 2.51. The van der Waals surface area contributed by atoms with E-state index in [0.717, 1.165) is 25.9 Å². The minimum atomic E-state index is 0. The van der Waals surface area contributed by atoms with Crippen molar-refractivity contribution >= 4 is 18.3 Å². The molecule has 4 nitrogen and oxygen atoms in total. The van der Waals surface area contributed by atoms with Crippen molar-refractivity contribution in [2.24, 2.45) is 11.8 Å². The minimum absolute atomic E-state index is 0. The highest BCUT2D eigenvalue weighted by Crippen LogP contribution is 2.10. The van der Waals surface area contributed by atoms with Gasteiger partial charge in [0, 0.05) is 13.1 Å². The van der Waals surface area contributed by atoms with Crippen LogP contribution in [0.1, 0.15) is 25.3 Å². The second-order valence-electron chi connectivity index (χ2n) is 5.89. The van der Waals surface area contributed by atoms with Crippen LogP contribution in [0.3, 0.4) is 0 Å². The van der Waals surface area contributed by atoms with E-state index in [0.29, 0.717) is 25.7 Å². The third-order valence-electron chi connectivity index (χ3n) is 3.81. The Morgan fingerprint density at radius 3 is 2.86 bits per heavy atom. The Kier molecular flexibility index (Phi) is 9.13. The predicted molar refractivity (Wildman–Crippen MR) is 91.1 cm³/mol. The van der Waals surface area contributed by atoms with E-state index in [1.54, 1.807) is 0 Å². The Morgan fingerprint density at radius 1 is 1.41 bits per heavy atom. The van der Waals surface area contributed by atoms with Crippen LogP contribution in [-0.4, -0.2) is 32.1 Å². The van der Waals surface area contributed by atoms with Crippen molar-refractivity contribution in [2.45, 2.75) is 26.4 Å². The molecule has 1 aromatic rings. The molecule has 5 heteroatoms.